The summed E-state index contributed by atoms with van der Waals surface area (Å²) in [6.45, 7) is 3.03. The van der Waals surface area contributed by atoms with Gasteiger partial charge < -0.3 is 4.90 Å². The second-order valence-corrected chi connectivity index (χ2v) is 6.51. The lowest BCUT2D eigenvalue weighted by Crippen LogP contribution is -2.24. The number of hydrogen-bond acceptors (Lipinski definition) is 1. The highest BCUT2D eigenvalue weighted by Crippen LogP contribution is 2.46. The predicted octanol–water partition coefficient (Wildman–Crippen LogP) is 4.67. The molecule has 2 heteroatoms. The molecule has 0 atom stereocenters. The van der Waals surface area contributed by atoms with Gasteiger partial charge >= 0.3 is 0 Å². The summed E-state index contributed by atoms with van der Waals surface area (Å²) >= 11 is 0. The van der Waals surface area contributed by atoms with E-state index < -0.39 is 0 Å². The molecule has 1 heterocycles. The Morgan fingerprint density at radius 3 is 2.59 bits per heavy atom. The molecule has 2 fully saturated rings. The van der Waals surface area contributed by atoms with Crippen molar-refractivity contribution in [1.29, 1.82) is 0 Å². The summed E-state index contributed by atoms with van der Waals surface area (Å²) in [5, 5.41) is 0. The number of anilines is 1. The van der Waals surface area contributed by atoms with E-state index in [4.69, 9.17) is 0 Å². The van der Waals surface area contributed by atoms with Crippen molar-refractivity contribution in [2.24, 2.45) is 0 Å². The number of carbonyl (C=O) groups excluding carboxylic acids is 1. The van der Waals surface area contributed by atoms with E-state index in [1.54, 1.807) is 0 Å². The van der Waals surface area contributed by atoms with E-state index in [-0.39, 0.29) is 5.91 Å². The van der Waals surface area contributed by atoms with E-state index in [9.17, 15) is 4.79 Å². The maximum absolute atomic E-state index is 12.1. The molecule has 1 saturated carbocycles. The molecule has 2 aromatic carbocycles. The Hall–Kier alpha value is -2.09. The van der Waals surface area contributed by atoms with Crippen molar-refractivity contribution in [3.8, 4) is 11.1 Å². The summed E-state index contributed by atoms with van der Waals surface area (Å²) in [7, 11) is 0. The first kappa shape index (κ1) is 13.6. The van der Waals surface area contributed by atoms with Crippen LogP contribution in [0.3, 0.4) is 0 Å². The molecule has 2 aliphatic rings. The van der Waals surface area contributed by atoms with Gasteiger partial charge in [-0.25, -0.2) is 0 Å². The first-order chi connectivity index (χ1) is 10.7. The molecule has 112 valence electrons. The third-order valence-electron chi connectivity index (χ3n) is 4.86. The topological polar surface area (TPSA) is 20.3 Å². The van der Waals surface area contributed by atoms with Gasteiger partial charge in [0.15, 0.2) is 0 Å². The van der Waals surface area contributed by atoms with Crippen LogP contribution in [0.5, 0.6) is 0 Å². The molecular formula is C20H21NO. The van der Waals surface area contributed by atoms with Gasteiger partial charge in [0.1, 0.15) is 0 Å². The van der Waals surface area contributed by atoms with Crippen molar-refractivity contribution in [2.75, 3.05) is 11.4 Å². The van der Waals surface area contributed by atoms with E-state index in [1.807, 2.05) is 4.90 Å². The SMILES string of the molecule is Cc1ccccc1-c1ccc(N2CCCC2=O)c(C2CC2)c1. The van der Waals surface area contributed by atoms with Crippen molar-refractivity contribution in [1.82, 2.24) is 0 Å². The van der Waals surface area contributed by atoms with E-state index in [0.29, 0.717) is 12.3 Å². The number of benzene rings is 2. The third kappa shape index (κ3) is 2.33. The second kappa shape index (κ2) is 5.28. The van der Waals surface area contributed by atoms with Crippen LogP contribution < -0.4 is 4.90 Å². The molecule has 22 heavy (non-hydrogen) atoms. The fourth-order valence-corrected chi connectivity index (χ4v) is 3.49. The molecule has 0 bridgehead atoms. The van der Waals surface area contributed by atoms with Gasteiger partial charge in [0.2, 0.25) is 5.91 Å². The Morgan fingerprint density at radius 1 is 1.09 bits per heavy atom. The Bertz CT molecular complexity index is 730. The lowest BCUT2D eigenvalue weighted by molar-refractivity contribution is -0.117. The van der Waals surface area contributed by atoms with Crippen molar-refractivity contribution >= 4 is 11.6 Å². The minimum Gasteiger partial charge on any atom is -0.312 e. The zero-order valence-corrected chi connectivity index (χ0v) is 13.0. The molecule has 0 spiro atoms. The number of amides is 1. The van der Waals surface area contributed by atoms with Gasteiger partial charge in [0.25, 0.3) is 0 Å². The van der Waals surface area contributed by atoms with Crippen molar-refractivity contribution in [3.05, 3.63) is 53.6 Å². The average molecular weight is 291 g/mol. The highest BCUT2D eigenvalue weighted by Gasteiger charge is 2.31. The average Bonchev–Trinajstić information content (AvgIpc) is 3.29. The van der Waals surface area contributed by atoms with Crippen LogP contribution in [0.25, 0.3) is 11.1 Å². The van der Waals surface area contributed by atoms with Crippen LogP contribution in [0, 0.1) is 6.92 Å². The molecule has 0 radical (unpaired) electrons. The Balaban J connectivity index is 1.79. The van der Waals surface area contributed by atoms with Gasteiger partial charge in [-0.1, -0.05) is 30.3 Å². The van der Waals surface area contributed by atoms with Crippen LogP contribution in [0.1, 0.15) is 42.7 Å². The summed E-state index contributed by atoms with van der Waals surface area (Å²) in [6, 6.07) is 15.2. The Labute approximate surface area is 131 Å². The quantitative estimate of drug-likeness (QED) is 0.805. The zero-order chi connectivity index (χ0) is 15.1. The Kier molecular flexibility index (Phi) is 3.25. The summed E-state index contributed by atoms with van der Waals surface area (Å²) in [4.78, 5) is 14.1. The van der Waals surface area contributed by atoms with Crippen LogP contribution in [0.2, 0.25) is 0 Å². The monoisotopic (exact) mass is 291 g/mol. The van der Waals surface area contributed by atoms with Gasteiger partial charge in [-0.2, -0.15) is 0 Å². The first-order valence-electron chi connectivity index (χ1n) is 8.24. The van der Waals surface area contributed by atoms with Crippen LogP contribution in [0.4, 0.5) is 5.69 Å². The molecule has 2 aromatic rings. The lowest BCUT2D eigenvalue weighted by atomic mass is 9.96. The third-order valence-corrected chi connectivity index (χ3v) is 4.86. The number of rotatable bonds is 3. The molecule has 1 saturated heterocycles. The zero-order valence-electron chi connectivity index (χ0n) is 13.0. The van der Waals surface area contributed by atoms with Crippen molar-refractivity contribution in [3.63, 3.8) is 0 Å². The van der Waals surface area contributed by atoms with Gasteiger partial charge in [-0.3, -0.25) is 4.79 Å². The minimum atomic E-state index is 0.283. The van der Waals surface area contributed by atoms with Crippen LogP contribution in [-0.2, 0) is 4.79 Å². The molecule has 1 amide bonds. The maximum atomic E-state index is 12.1. The van der Waals surface area contributed by atoms with E-state index >= 15 is 0 Å². The number of carbonyl (C=O) groups is 1. The molecule has 1 aliphatic carbocycles. The smallest absolute Gasteiger partial charge is 0.227 e. The van der Waals surface area contributed by atoms with Crippen LogP contribution in [0.15, 0.2) is 42.5 Å². The second-order valence-electron chi connectivity index (χ2n) is 6.51. The highest BCUT2D eigenvalue weighted by atomic mass is 16.2. The Morgan fingerprint density at radius 2 is 1.91 bits per heavy atom. The predicted molar refractivity (Wildman–Crippen MR) is 90.2 cm³/mol. The standard InChI is InChI=1S/C20H21NO/c1-14-5-2-3-6-17(14)16-10-11-19(18(13-16)15-8-9-15)21-12-4-7-20(21)22/h2-3,5-6,10-11,13,15H,4,7-9,12H2,1H3. The fraction of sp³-hybridized carbons (Fsp3) is 0.350. The van der Waals surface area contributed by atoms with Gasteiger partial charge in [-0.05, 0) is 66.5 Å². The van der Waals surface area contributed by atoms with Gasteiger partial charge in [0, 0.05) is 18.7 Å². The van der Waals surface area contributed by atoms with E-state index in [0.717, 1.165) is 18.7 Å². The van der Waals surface area contributed by atoms with E-state index in [2.05, 4.69) is 49.4 Å². The molecule has 0 N–H and O–H groups in total. The van der Waals surface area contributed by atoms with Crippen molar-refractivity contribution < 1.29 is 4.79 Å². The lowest BCUT2D eigenvalue weighted by Gasteiger charge is -2.21. The summed E-state index contributed by atoms with van der Waals surface area (Å²) in [5.74, 6) is 0.929. The van der Waals surface area contributed by atoms with Crippen LogP contribution in [-0.4, -0.2) is 12.5 Å². The largest absolute Gasteiger partial charge is 0.312 e. The van der Waals surface area contributed by atoms with Gasteiger partial charge in [0.05, 0.1) is 0 Å². The molecule has 0 unspecified atom stereocenters. The number of nitrogens with zero attached hydrogens (tertiary/aromatic N) is 1. The minimum absolute atomic E-state index is 0.283. The maximum Gasteiger partial charge on any atom is 0.227 e. The first-order valence-corrected chi connectivity index (χ1v) is 8.24. The normalized spacial score (nSPS) is 18.0. The highest BCUT2D eigenvalue weighted by molar-refractivity contribution is 5.96. The van der Waals surface area contributed by atoms with Crippen LogP contribution >= 0.6 is 0 Å². The van der Waals surface area contributed by atoms with E-state index in [1.165, 1.54) is 35.1 Å². The number of aryl methyl sites for hydroxylation is 1. The summed E-state index contributed by atoms with van der Waals surface area (Å²) in [6.07, 6.45) is 4.20. The molecule has 1 aliphatic heterocycles. The van der Waals surface area contributed by atoms with Crippen molar-refractivity contribution in [2.45, 2.75) is 38.5 Å². The number of hydrogen-bond donors (Lipinski definition) is 0. The summed E-state index contributed by atoms with van der Waals surface area (Å²) in [5.41, 5.74) is 6.40. The molecule has 4 rings (SSSR count). The van der Waals surface area contributed by atoms with Gasteiger partial charge in [-0.15, -0.1) is 0 Å². The molecule has 2 nitrogen and oxygen atoms in total. The molecular weight excluding hydrogens is 270 g/mol. The fourth-order valence-electron chi connectivity index (χ4n) is 3.49. The summed E-state index contributed by atoms with van der Waals surface area (Å²) < 4.78 is 0. The molecule has 0 aromatic heterocycles.